The number of amides is 1. The highest BCUT2D eigenvalue weighted by Crippen LogP contribution is 2.27. The zero-order valence-electron chi connectivity index (χ0n) is 14.7. The number of rotatable bonds is 3. The summed E-state index contributed by atoms with van der Waals surface area (Å²) in [4.78, 5) is 22.6. The molecule has 0 spiro atoms. The predicted molar refractivity (Wildman–Crippen MR) is 87.6 cm³/mol. The summed E-state index contributed by atoms with van der Waals surface area (Å²) in [6, 6.07) is 0. The first-order chi connectivity index (χ1) is 10.7. The molecule has 1 fully saturated rings. The van der Waals surface area contributed by atoms with Crippen molar-refractivity contribution in [2.24, 2.45) is 0 Å². The lowest BCUT2D eigenvalue weighted by atomic mass is 9.94. The van der Waals surface area contributed by atoms with Crippen molar-refractivity contribution in [1.29, 1.82) is 0 Å². The number of carbonyl (C=O) groups excluding carboxylic acids is 1. The van der Waals surface area contributed by atoms with Crippen molar-refractivity contribution >= 4 is 6.09 Å². The van der Waals surface area contributed by atoms with Crippen molar-refractivity contribution in [2.45, 2.75) is 65.1 Å². The summed E-state index contributed by atoms with van der Waals surface area (Å²) in [5.41, 5.74) is 0.510. The quantitative estimate of drug-likeness (QED) is 0.854. The van der Waals surface area contributed by atoms with Gasteiger partial charge in [-0.1, -0.05) is 0 Å². The van der Waals surface area contributed by atoms with E-state index in [-0.39, 0.29) is 12.2 Å². The molecule has 2 rings (SSSR count). The molecular formula is C17H27N3O3. The van der Waals surface area contributed by atoms with Gasteiger partial charge >= 0.3 is 6.09 Å². The Bertz CT molecular complexity index is 515. The molecule has 1 aliphatic rings. The molecule has 1 aromatic heterocycles. The molecule has 0 radical (unpaired) electrons. The van der Waals surface area contributed by atoms with Crippen LogP contribution >= 0.6 is 0 Å². The summed E-state index contributed by atoms with van der Waals surface area (Å²) < 4.78 is 10.9. The van der Waals surface area contributed by atoms with Gasteiger partial charge in [0.2, 0.25) is 5.88 Å². The first kappa shape index (κ1) is 17.5. The van der Waals surface area contributed by atoms with E-state index in [2.05, 4.69) is 9.97 Å². The van der Waals surface area contributed by atoms with Crippen LogP contribution in [0.1, 0.15) is 59.1 Å². The minimum Gasteiger partial charge on any atom is -0.474 e. The average molecular weight is 321 g/mol. The van der Waals surface area contributed by atoms with Crippen molar-refractivity contribution < 1.29 is 14.3 Å². The first-order valence-electron chi connectivity index (χ1n) is 8.21. The third-order valence-electron chi connectivity index (χ3n) is 3.57. The van der Waals surface area contributed by atoms with Crippen LogP contribution in [0, 0.1) is 0 Å². The van der Waals surface area contributed by atoms with E-state index in [9.17, 15) is 4.79 Å². The van der Waals surface area contributed by atoms with E-state index in [1.165, 1.54) is 0 Å². The monoisotopic (exact) mass is 321 g/mol. The fraction of sp³-hybridized carbons (Fsp3) is 0.706. The van der Waals surface area contributed by atoms with Crippen LogP contribution in [0.25, 0.3) is 0 Å². The Balaban J connectivity index is 1.88. The van der Waals surface area contributed by atoms with Crippen LogP contribution in [-0.2, 0) is 4.74 Å². The van der Waals surface area contributed by atoms with Crippen molar-refractivity contribution in [2.75, 3.05) is 13.1 Å². The fourth-order valence-corrected chi connectivity index (χ4v) is 2.52. The Hall–Kier alpha value is -1.85. The van der Waals surface area contributed by atoms with Crippen LogP contribution in [0.4, 0.5) is 4.79 Å². The van der Waals surface area contributed by atoms with Gasteiger partial charge < -0.3 is 14.4 Å². The van der Waals surface area contributed by atoms with E-state index in [4.69, 9.17) is 9.47 Å². The van der Waals surface area contributed by atoms with Crippen LogP contribution < -0.4 is 4.74 Å². The van der Waals surface area contributed by atoms with Gasteiger partial charge in [0.25, 0.3) is 0 Å². The van der Waals surface area contributed by atoms with Crippen molar-refractivity contribution in [3.8, 4) is 5.88 Å². The molecule has 0 N–H and O–H groups in total. The molecule has 0 bridgehead atoms. The van der Waals surface area contributed by atoms with E-state index in [1.807, 2.05) is 34.6 Å². The number of ether oxygens (including phenoxy) is 2. The number of piperidine rings is 1. The molecule has 2 heterocycles. The average Bonchev–Trinajstić information content (AvgIpc) is 2.46. The van der Waals surface area contributed by atoms with Crippen LogP contribution in [0.15, 0.2) is 12.4 Å². The maximum atomic E-state index is 12.1. The second-order valence-corrected chi connectivity index (χ2v) is 7.19. The van der Waals surface area contributed by atoms with E-state index >= 15 is 0 Å². The second-order valence-electron chi connectivity index (χ2n) is 7.19. The minimum atomic E-state index is -0.453. The van der Waals surface area contributed by atoms with Gasteiger partial charge in [-0.25, -0.2) is 9.78 Å². The van der Waals surface area contributed by atoms with Gasteiger partial charge in [0.15, 0.2) is 0 Å². The molecular weight excluding hydrogens is 294 g/mol. The molecule has 6 heteroatoms. The zero-order chi connectivity index (χ0) is 17.0. The van der Waals surface area contributed by atoms with E-state index in [0.717, 1.165) is 18.5 Å². The highest BCUT2D eigenvalue weighted by molar-refractivity contribution is 5.68. The molecule has 1 aliphatic heterocycles. The third kappa shape index (κ3) is 5.37. The van der Waals surface area contributed by atoms with Gasteiger partial charge in [0.1, 0.15) is 5.60 Å². The Morgan fingerprint density at radius 2 is 1.87 bits per heavy atom. The van der Waals surface area contributed by atoms with Gasteiger partial charge in [-0.2, -0.15) is 0 Å². The normalized spacial score (nSPS) is 16.5. The van der Waals surface area contributed by atoms with Crippen molar-refractivity contribution in [3.05, 3.63) is 18.1 Å². The maximum Gasteiger partial charge on any atom is 0.410 e. The number of hydrogen-bond donors (Lipinski definition) is 0. The summed E-state index contributed by atoms with van der Waals surface area (Å²) in [6.45, 7) is 10.9. The molecule has 1 amide bonds. The molecule has 0 unspecified atom stereocenters. The topological polar surface area (TPSA) is 64.5 Å². The summed E-state index contributed by atoms with van der Waals surface area (Å²) >= 11 is 0. The molecule has 1 aromatic rings. The van der Waals surface area contributed by atoms with Gasteiger partial charge in [0.05, 0.1) is 24.2 Å². The molecule has 1 saturated heterocycles. The van der Waals surface area contributed by atoms with Gasteiger partial charge in [0, 0.05) is 19.0 Å². The Morgan fingerprint density at radius 3 is 2.35 bits per heavy atom. The summed E-state index contributed by atoms with van der Waals surface area (Å²) in [7, 11) is 0. The van der Waals surface area contributed by atoms with E-state index < -0.39 is 5.60 Å². The van der Waals surface area contributed by atoms with Crippen LogP contribution in [0.5, 0.6) is 5.88 Å². The van der Waals surface area contributed by atoms with Gasteiger partial charge in [-0.3, -0.25) is 4.98 Å². The zero-order valence-corrected chi connectivity index (χ0v) is 14.7. The predicted octanol–water partition coefficient (Wildman–Crippen LogP) is 3.38. The summed E-state index contributed by atoms with van der Waals surface area (Å²) in [5, 5.41) is 0. The molecule has 0 saturated carbocycles. The second kappa shape index (κ2) is 7.15. The smallest absolute Gasteiger partial charge is 0.410 e. The standard InChI is InChI=1S/C17H27N3O3/c1-12(2)22-15-11-18-14(10-19-15)13-6-8-20(9-7-13)16(21)23-17(3,4)5/h10-13H,6-9H2,1-5H3. The maximum absolute atomic E-state index is 12.1. The molecule has 128 valence electrons. The fourth-order valence-electron chi connectivity index (χ4n) is 2.52. The van der Waals surface area contributed by atoms with E-state index in [1.54, 1.807) is 17.3 Å². The summed E-state index contributed by atoms with van der Waals surface area (Å²) in [6.07, 6.45) is 5.06. The molecule has 0 atom stereocenters. The number of nitrogens with zero attached hydrogens (tertiary/aromatic N) is 3. The Kier molecular flexibility index (Phi) is 5.44. The van der Waals surface area contributed by atoms with Crippen molar-refractivity contribution in [1.82, 2.24) is 14.9 Å². The van der Waals surface area contributed by atoms with Gasteiger partial charge in [-0.15, -0.1) is 0 Å². The lowest BCUT2D eigenvalue weighted by molar-refractivity contribution is 0.0204. The lowest BCUT2D eigenvalue weighted by Crippen LogP contribution is -2.41. The Morgan fingerprint density at radius 1 is 1.22 bits per heavy atom. The SMILES string of the molecule is CC(C)Oc1cnc(C2CCN(C(=O)OC(C)(C)C)CC2)cn1. The Labute approximate surface area is 138 Å². The molecule has 6 nitrogen and oxygen atoms in total. The van der Waals surface area contributed by atoms with E-state index in [0.29, 0.717) is 24.9 Å². The summed E-state index contributed by atoms with van der Waals surface area (Å²) in [5.74, 6) is 0.879. The van der Waals surface area contributed by atoms with Crippen LogP contribution in [-0.4, -0.2) is 45.8 Å². The number of carbonyl (C=O) groups is 1. The van der Waals surface area contributed by atoms with Crippen LogP contribution in [0.2, 0.25) is 0 Å². The highest BCUT2D eigenvalue weighted by atomic mass is 16.6. The molecule has 23 heavy (non-hydrogen) atoms. The number of likely N-dealkylation sites (tertiary alicyclic amines) is 1. The number of aromatic nitrogens is 2. The largest absolute Gasteiger partial charge is 0.474 e. The minimum absolute atomic E-state index is 0.0900. The highest BCUT2D eigenvalue weighted by Gasteiger charge is 2.28. The number of hydrogen-bond acceptors (Lipinski definition) is 5. The van der Waals surface area contributed by atoms with Crippen molar-refractivity contribution in [3.63, 3.8) is 0 Å². The lowest BCUT2D eigenvalue weighted by Gasteiger charge is -2.33. The third-order valence-corrected chi connectivity index (χ3v) is 3.57. The molecule has 0 aliphatic carbocycles. The van der Waals surface area contributed by atoms with Gasteiger partial charge in [-0.05, 0) is 47.5 Å². The van der Waals surface area contributed by atoms with Crippen LogP contribution in [0.3, 0.4) is 0 Å². The molecule has 0 aromatic carbocycles. The first-order valence-corrected chi connectivity index (χ1v) is 8.21.